The third-order valence-corrected chi connectivity index (χ3v) is 7.07. The average Bonchev–Trinajstić information content (AvgIpc) is 2.89. The van der Waals surface area contributed by atoms with Crippen molar-refractivity contribution >= 4 is 23.6 Å². The molecule has 0 saturated carbocycles. The lowest BCUT2D eigenvalue weighted by Gasteiger charge is -2.31. The maximum Gasteiger partial charge on any atom is 0.243 e. The van der Waals surface area contributed by atoms with Gasteiger partial charge < -0.3 is 15.0 Å². The highest BCUT2D eigenvalue weighted by atomic mass is 32.2. The number of thioether (sulfide) groups is 1. The number of hydrogen-bond acceptors (Lipinski definition) is 4. The first-order valence-electron chi connectivity index (χ1n) is 12.8. The van der Waals surface area contributed by atoms with Crippen LogP contribution in [0.3, 0.4) is 0 Å². The van der Waals surface area contributed by atoms with Crippen LogP contribution in [0.4, 0.5) is 0 Å². The molecule has 196 valence electrons. The Hall–Kier alpha value is -3.25. The molecule has 0 unspecified atom stereocenters. The lowest BCUT2D eigenvalue weighted by molar-refractivity contribution is -0.139. The first kappa shape index (κ1) is 28.3. The Morgan fingerprint density at radius 1 is 0.919 bits per heavy atom. The van der Waals surface area contributed by atoms with E-state index in [2.05, 4.69) is 37.4 Å². The largest absolute Gasteiger partial charge is 0.497 e. The Bertz CT molecular complexity index is 1150. The molecule has 0 bridgehead atoms. The molecule has 37 heavy (non-hydrogen) atoms. The van der Waals surface area contributed by atoms with E-state index in [4.69, 9.17) is 4.74 Å². The molecule has 3 aromatic carbocycles. The standard InChI is InChI=1S/C31H38N2O3S/c1-5-14-32-31(35)29(19-25-10-7-6-8-11-25)33(20-26-12-9-13-28(18-26)36-4)30(34)22-37-21-27-16-23(2)15-24(3)17-27/h6-13,15-18,29H,5,14,19-22H2,1-4H3,(H,32,35)/t29-/m0/s1. The van der Waals surface area contributed by atoms with Crippen LogP contribution in [0.2, 0.25) is 0 Å². The molecule has 0 heterocycles. The Balaban J connectivity index is 1.85. The minimum Gasteiger partial charge on any atom is -0.497 e. The number of ether oxygens (including phenoxy) is 1. The number of amides is 2. The number of carbonyl (C=O) groups is 2. The fourth-order valence-corrected chi connectivity index (χ4v) is 5.22. The maximum atomic E-state index is 13.7. The van der Waals surface area contributed by atoms with Gasteiger partial charge in [0.1, 0.15) is 11.8 Å². The topological polar surface area (TPSA) is 58.6 Å². The minimum atomic E-state index is -0.616. The zero-order chi connectivity index (χ0) is 26.6. The van der Waals surface area contributed by atoms with Gasteiger partial charge in [-0.1, -0.05) is 78.7 Å². The summed E-state index contributed by atoms with van der Waals surface area (Å²) in [6.07, 6.45) is 1.28. The van der Waals surface area contributed by atoms with Crippen molar-refractivity contribution in [2.75, 3.05) is 19.4 Å². The number of hydrogen-bond donors (Lipinski definition) is 1. The minimum absolute atomic E-state index is 0.0511. The van der Waals surface area contributed by atoms with Gasteiger partial charge in [-0.2, -0.15) is 0 Å². The van der Waals surface area contributed by atoms with Crippen LogP contribution in [0.25, 0.3) is 0 Å². The highest BCUT2D eigenvalue weighted by molar-refractivity contribution is 7.99. The molecule has 0 radical (unpaired) electrons. The Morgan fingerprint density at radius 3 is 2.30 bits per heavy atom. The predicted octanol–water partition coefficient (Wildman–Crippen LogP) is 5.71. The predicted molar refractivity (Wildman–Crippen MR) is 153 cm³/mol. The Kier molecular flexibility index (Phi) is 11.1. The summed E-state index contributed by atoms with van der Waals surface area (Å²) in [4.78, 5) is 28.9. The molecule has 0 aromatic heterocycles. The smallest absolute Gasteiger partial charge is 0.243 e. The number of rotatable bonds is 13. The average molecular weight is 519 g/mol. The van der Waals surface area contributed by atoms with E-state index in [1.165, 1.54) is 16.7 Å². The van der Waals surface area contributed by atoms with E-state index in [1.54, 1.807) is 23.8 Å². The number of benzene rings is 3. The first-order valence-corrected chi connectivity index (χ1v) is 13.9. The first-order chi connectivity index (χ1) is 17.9. The zero-order valence-electron chi connectivity index (χ0n) is 22.3. The second kappa shape index (κ2) is 14.5. The van der Waals surface area contributed by atoms with Crippen LogP contribution in [-0.2, 0) is 28.3 Å². The van der Waals surface area contributed by atoms with E-state index < -0.39 is 6.04 Å². The van der Waals surface area contributed by atoms with E-state index in [0.717, 1.165) is 29.1 Å². The molecule has 5 nitrogen and oxygen atoms in total. The van der Waals surface area contributed by atoms with Crippen molar-refractivity contribution in [3.05, 3.63) is 101 Å². The summed E-state index contributed by atoms with van der Waals surface area (Å²) in [6.45, 7) is 7.11. The van der Waals surface area contributed by atoms with E-state index in [-0.39, 0.29) is 11.8 Å². The van der Waals surface area contributed by atoms with Crippen molar-refractivity contribution in [3.8, 4) is 5.75 Å². The number of nitrogens with zero attached hydrogens (tertiary/aromatic N) is 1. The number of carbonyl (C=O) groups excluding carboxylic acids is 2. The monoisotopic (exact) mass is 518 g/mol. The normalized spacial score (nSPS) is 11.6. The maximum absolute atomic E-state index is 13.7. The summed E-state index contributed by atoms with van der Waals surface area (Å²) in [5.41, 5.74) is 5.59. The summed E-state index contributed by atoms with van der Waals surface area (Å²) in [5.74, 6) is 1.59. The Morgan fingerprint density at radius 2 is 1.62 bits per heavy atom. The van der Waals surface area contributed by atoms with Crippen molar-refractivity contribution < 1.29 is 14.3 Å². The van der Waals surface area contributed by atoms with E-state index >= 15 is 0 Å². The summed E-state index contributed by atoms with van der Waals surface area (Å²) in [5, 5.41) is 3.03. The molecule has 2 amide bonds. The molecule has 0 fully saturated rings. The van der Waals surface area contributed by atoms with Crippen LogP contribution in [0.5, 0.6) is 5.75 Å². The molecule has 0 spiro atoms. The quantitative estimate of drug-likeness (QED) is 0.315. The van der Waals surface area contributed by atoms with Crippen LogP contribution >= 0.6 is 11.8 Å². The molecule has 1 N–H and O–H groups in total. The summed E-state index contributed by atoms with van der Waals surface area (Å²) >= 11 is 1.58. The summed E-state index contributed by atoms with van der Waals surface area (Å²) in [6, 6.07) is 23.4. The highest BCUT2D eigenvalue weighted by Gasteiger charge is 2.30. The SMILES string of the molecule is CCCNC(=O)[C@H](Cc1ccccc1)N(Cc1cccc(OC)c1)C(=O)CSCc1cc(C)cc(C)c1. The highest BCUT2D eigenvalue weighted by Crippen LogP contribution is 2.21. The fourth-order valence-electron chi connectivity index (χ4n) is 4.38. The molecule has 3 aromatic rings. The fraction of sp³-hybridized carbons (Fsp3) is 0.355. The van der Waals surface area contributed by atoms with Crippen LogP contribution < -0.4 is 10.1 Å². The third-order valence-electron chi connectivity index (χ3n) is 6.08. The lowest BCUT2D eigenvalue weighted by Crippen LogP contribution is -2.51. The van der Waals surface area contributed by atoms with Gasteiger partial charge in [0.2, 0.25) is 11.8 Å². The van der Waals surface area contributed by atoms with Gasteiger partial charge >= 0.3 is 0 Å². The van der Waals surface area contributed by atoms with Crippen molar-refractivity contribution in [1.82, 2.24) is 10.2 Å². The van der Waals surface area contributed by atoms with Crippen molar-refractivity contribution in [2.45, 2.75) is 52.0 Å². The molecule has 0 saturated heterocycles. The van der Waals surface area contributed by atoms with E-state index in [9.17, 15) is 9.59 Å². The van der Waals surface area contributed by atoms with Gasteiger partial charge in [0.05, 0.1) is 12.9 Å². The zero-order valence-corrected chi connectivity index (χ0v) is 23.1. The van der Waals surface area contributed by atoms with Gasteiger partial charge in [0.25, 0.3) is 0 Å². The molecular formula is C31H38N2O3S. The second-order valence-electron chi connectivity index (χ2n) is 9.36. The molecule has 0 aliphatic heterocycles. The van der Waals surface area contributed by atoms with Crippen molar-refractivity contribution in [2.24, 2.45) is 0 Å². The molecular weight excluding hydrogens is 480 g/mol. The molecule has 6 heteroatoms. The second-order valence-corrected chi connectivity index (χ2v) is 10.3. The molecule has 0 aliphatic carbocycles. The number of methoxy groups -OCH3 is 1. The van der Waals surface area contributed by atoms with E-state index in [1.807, 2.05) is 61.5 Å². The van der Waals surface area contributed by atoms with Crippen LogP contribution in [0.15, 0.2) is 72.8 Å². The van der Waals surface area contributed by atoms with Crippen LogP contribution in [-0.4, -0.2) is 42.2 Å². The van der Waals surface area contributed by atoms with Gasteiger partial charge in [-0.05, 0) is 49.1 Å². The molecule has 0 aliphatic rings. The number of aryl methyl sites for hydroxylation is 2. The van der Waals surface area contributed by atoms with Gasteiger partial charge in [0.15, 0.2) is 0 Å². The Labute approximate surface area is 225 Å². The van der Waals surface area contributed by atoms with Crippen molar-refractivity contribution in [3.63, 3.8) is 0 Å². The summed E-state index contributed by atoms with van der Waals surface area (Å²) < 4.78 is 5.40. The summed E-state index contributed by atoms with van der Waals surface area (Å²) in [7, 11) is 1.63. The van der Waals surface area contributed by atoms with Crippen molar-refractivity contribution in [1.29, 1.82) is 0 Å². The van der Waals surface area contributed by atoms with E-state index in [0.29, 0.717) is 25.3 Å². The van der Waals surface area contributed by atoms with Gasteiger partial charge in [-0.15, -0.1) is 11.8 Å². The van der Waals surface area contributed by atoms with Crippen LogP contribution in [0, 0.1) is 13.8 Å². The molecule has 1 atom stereocenters. The van der Waals surface area contributed by atoms with Crippen LogP contribution in [0.1, 0.15) is 41.2 Å². The van der Waals surface area contributed by atoms with Gasteiger partial charge in [-0.3, -0.25) is 9.59 Å². The van der Waals surface area contributed by atoms with Gasteiger partial charge in [-0.25, -0.2) is 0 Å². The molecule has 3 rings (SSSR count). The lowest BCUT2D eigenvalue weighted by atomic mass is 10.0. The third kappa shape index (κ3) is 8.97. The number of nitrogens with one attached hydrogen (secondary N) is 1. The van der Waals surface area contributed by atoms with Gasteiger partial charge in [0, 0.05) is 25.3 Å².